The molecule has 0 atom stereocenters. The molecule has 0 radical (unpaired) electrons. The van der Waals surface area contributed by atoms with E-state index in [0.717, 1.165) is 25.7 Å². The maximum atomic E-state index is 9.81. The van der Waals surface area contributed by atoms with Crippen molar-refractivity contribution in [3.63, 3.8) is 0 Å². The van der Waals surface area contributed by atoms with Crippen molar-refractivity contribution in [3.8, 4) is 62.1 Å². The Labute approximate surface area is 344 Å². The molecule has 5 heteroatoms. The Morgan fingerprint density at radius 2 is 1.09 bits per heavy atom. The van der Waals surface area contributed by atoms with E-state index in [2.05, 4.69) is 12.1 Å². The summed E-state index contributed by atoms with van der Waals surface area (Å²) in [4.78, 5) is 15.0. The number of rotatable bonds is 6. The molecule has 0 N–H and O–H groups in total. The number of fused-ring (bicyclic) bond motifs is 6. The summed E-state index contributed by atoms with van der Waals surface area (Å²) in [6.45, 7) is 0. The SMILES string of the molecule is [2H]c1c([2H])c([2H])c(-c2c([2H])c([2H])c3c(c2[2H])c2c([2H])c([2H])c([2H])c([2H])c2n3-c2cc(-c3cccc4sc5ccccc5c34)ccc2-c2nc(-c3ccccc3)nc(-c3ccccc3)n2)c([2H])c1[2H]. The fourth-order valence-corrected chi connectivity index (χ4v) is 8.41. The van der Waals surface area contributed by atoms with Crippen molar-refractivity contribution in [2.45, 2.75) is 0 Å². The predicted molar refractivity (Wildman–Crippen MR) is 234 cm³/mol. The second-order valence-corrected chi connectivity index (χ2v) is 14.2. The van der Waals surface area contributed by atoms with Crippen LogP contribution in [-0.2, 0) is 0 Å². The minimum absolute atomic E-state index is 0.121. The van der Waals surface area contributed by atoms with E-state index in [1.165, 1.54) is 4.57 Å². The molecule has 0 aliphatic carbocycles. The van der Waals surface area contributed by atoms with Crippen molar-refractivity contribution in [3.05, 3.63) is 194 Å². The first-order chi connectivity index (χ1) is 32.8. The quantitative estimate of drug-likeness (QED) is 0.170. The highest BCUT2D eigenvalue weighted by molar-refractivity contribution is 7.25. The van der Waals surface area contributed by atoms with Crippen molar-refractivity contribution in [2.75, 3.05) is 0 Å². The molecule has 262 valence electrons. The van der Waals surface area contributed by atoms with Gasteiger partial charge in [0, 0.05) is 47.6 Å². The van der Waals surface area contributed by atoms with Crippen LogP contribution >= 0.6 is 11.3 Å². The van der Waals surface area contributed by atoms with Gasteiger partial charge in [0.05, 0.1) is 33.2 Å². The third-order valence-corrected chi connectivity index (χ3v) is 10.9. The average Bonchev–Trinajstić information content (AvgIpc) is 3.94. The highest BCUT2D eigenvalue weighted by atomic mass is 32.1. The van der Waals surface area contributed by atoms with Gasteiger partial charge in [-0.25, -0.2) is 15.0 Å². The lowest BCUT2D eigenvalue weighted by molar-refractivity contribution is 1.06. The van der Waals surface area contributed by atoms with Crippen LogP contribution in [0.5, 0.6) is 0 Å². The van der Waals surface area contributed by atoms with Crippen molar-refractivity contribution >= 4 is 53.3 Å². The fourth-order valence-electron chi connectivity index (χ4n) is 7.27. The van der Waals surface area contributed by atoms with Crippen LogP contribution in [-0.4, -0.2) is 19.5 Å². The van der Waals surface area contributed by atoms with Gasteiger partial charge in [0.15, 0.2) is 17.5 Å². The van der Waals surface area contributed by atoms with Gasteiger partial charge in [0.2, 0.25) is 0 Å². The molecule has 0 unspecified atom stereocenters. The van der Waals surface area contributed by atoms with Crippen LogP contribution in [0.1, 0.15) is 16.4 Å². The Bertz CT molecular complexity index is 3860. The first-order valence-electron chi connectivity index (χ1n) is 23.8. The van der Waals surface area contributed by atoms with Crippen LogP contribution in [0, 0.1) is 0 Å². The molecule has 3 aromatic heterocycles. The smallest absolute Gasteiger partial charge is 0.166 e. The van der Waals surface area contributed by atoms with Crippen LogP contribution in [0.15, 0.2) is 194 Å². The summed E-state index contributed by atoms with van der Waals surface area (Å²) >= 11 is 1.65. The molecule has 0 spiro atoms. The third-order valence-electron chi connectivity index (χ3n) is 9.80. The van der Waals surface area contributed by atoms with Crippen molar-refractivity contribution in [2.24, 2.45) is 0 Å². The van der Waals surface area contributed by atoms with E-state index in [0.29, 0.717) is 33.9 Å². The fraction of sp³-hybridized carbons (Fsp3) is 0. The van der Waals surface area contributed by atoms with Gasteiger partial charge in [0.1, 0.15) is 0 Å². The molecule has 0 aliphatic heterocycles. The van der Waals surface area contributed by atoms with Crippen LogP contribution in [0.3, 0.4) is 0 Å². The summed E-state index contributed by atoms with van der Waals surface area (Å²) in [5.41, 5.74) is 2.33. The Kier molecular flexibility index (Phi) is 5.27. The van der Waals surface area contributed by atoms with Crippen LogP contribution in [0.2, 0.25) is 0 Å². The summed E-state index contributed by atoms with van der Waals surface area (Å²) in [6.07, 6.45) is 0. The summed E-state index contributed by atoms with van der Waals surface area (Å²) in [5.74, 6) is 0.859. The van der Waals surface area contributed by atoms with Crippen LogP contribution in [0.25, 0.3) is 104 Å². The topological polar surface area (TPSA) is 43.6 Å². The van der Waals surface area contributed by atoms with Gasteiger partial charge >= 0.3 is 0 Å². The lowest BCUT2D eigenvalue weighted by Crippen LogP contribution is -2.04. The predicted octanol–water partition coefficient (Wildman–Crippen LogP) is 13.7. The largest absolute Gasteiger partial charge is 0.308 e. The molecule has 11 aromatic rings. The van der Waals surface area contributed by atoms with Crippen molar-refractivity contribution < 1.29 is 16.4 Å². The first-order valence-corrected chi connectivity index (χ1v) is 18.6. The molecule has 8 aromatic carbocycles. The molecule has 11 rings (SSSR count). The molecule has 56 heavy (non-hydrogen) atoms. The van der Waals surface area contributed by atoms with Gasteiger partial charge < -0.3 is 4.57 Å². The van der Waals surface area contributed by atoms with Gasteiger partial charge in [-0.2, -0.15) is 0 Å². The minimum Gasteiger partial charge on any atom is -0.308 e. The second-order valence-electron chi connectivity index (χ2n) is 13.1. The lowest BCUT2D eigenvalue weighted by atomic mass is 9.97. The van der Waals surface area contributed by atoms with E-state index >= 15 is 0 Å². The Balaban J connectivity index is 1.33. The van der Waals surface area contributed by atoms with Gasteiger partial charge in [-0.05, 0) is 64.6 Å². The molecular formula is C51H32N4S. The number of aromatic nitrogens is 4. The Morgan fingerprint density at radius 3 is 1.88 bits per heavy atom. The monoisotopic (exact) mass is 744 g/mol. The number of hydrogen-bond acceptors (Lipinski definition) is 4. The van der Waals surface area contributed by atoms with E-state index < -0.39 is 83.6 Å². The maximum absolute atomic E-state index is 9.81. The Hall–Kier alpha value is -7.21. The van der Waals surface area contributed by atoms with Gasteiger partial charge in [-0.3, -0.25) is 0 Å². The average molecular weight is 745 g/mol. The molecule has 0 saturated carbocycles. The van der Waals surface area contributed by atoms with Crippen molar-refractivity contribution in [1.82, 2.24) is 19.5 Å². The summed E-state index contributed by atoms with van der Waals surface area (Å²) < 4.78 is 112. The van der Waals surface area contributed by atoms with E-state index in [-0.39, 0.29) is 33.3 Å². The molecule has 0 amide bonds. The number of hydrogen-bond donors (Lipinski definition) is 0. The molecule has 4 nitrogen and oxygen atoms in total. The zero-order chi connectivity index (χ0) is 47.4. The zero-order valence-electron chi connectivity index (χ0n) is 41.2. The van der Waals surface area contributed by atoms with E-state index in [4.69, 9.17) is 24.5 Å². The Morgan fingerprint density at radius 1 is 0.429 bits per heavy atom. The first kappa shape index (κ1) is 22.2. The second kappa shape index (κ2) is 13.3. The van der Waals surface area contributed by atoms with E-state index in [1.807, 2.05) is 109 Å². The number of nitrogens with zero attached hydrogens (tertiary/aromatic N) is 4. The van der Waals surface area contributed by atoms with Gasteiger partial charge in [-0.15, -0.1) is 11.3 Å². The van der Waals surface area contributed by atoms with E-state index in [1.54, 1.807) is 11.3 Å². The number of thiophene rings is 1. The normalized spacial score (nSPS) is 14.6. The molecule has 0 fully saturated rings. The van der Waals surface area contributed by atoms with E-state index in [9.17, 15) is 6.85 Å². The van der Waals surface area contributed by atoms with Gasteiger partial charge in [0.25, 0.3) is 0 Å². The van der Waals surface area contributed by atoms with Crippen LogP contribution < -0.4 is 0 Å². The standard InChI is InChI=1S/C51H32N4S/c1-4-15-33(16-5-1)36-28-30-44-42(31-36)39-21-10-12-24-43(39)55(44)45-32-37(38-23-14-26-47-48(38)41-22-11-13-25-46(41)56-47)27-29-40(45)51-53-49(34-17-6-2-7-18-34)52-50(54-51)35-19-8-3-9-20-35/h1-32H/i1D,4D,5D,10D,12D,15D,16D,21D,24D,28D,30D,31D. The molecular weight excluding hydrogens is 701 g/mol. The highest BCUT2D eigenvalue weighted by Crippen LogP contribution is 2.43. The maximum Gasteiger partial charge on any atom is 0.166 e. The number of benzene rings is 8. The number of para-hydroxylation sites is 1. The third kappa shape index (κ3) is 5.40. The highest BCUT2D eigenvalue weighted by Gasteiger charge is 2.21. The molecule has 0 bridgehead atoms. The summed E-state index contributed by atoms with van der Waals surface area (Å²) in [7, 11) is 0. The molecule has 0 saturated heterocycles. The molecule has 3 heterocycles. The molecule has 0 aliphatic rings. The van der Waals surface area contributed by atoms with Gasteiger partial charge in [-0.1, -0.05) is 151 Å². The minimum atomic E-state index is -0.701. The lowest BCUT2D eigenvalue weighted by Gasteiger charge is -2.17. The zero-order valence-corrected chi connectivity index (χ0v) is 30.1. The van der Waals surface area contributed by atoms with Crippen LogP contribution in [0.4, 0.5) is 0 Å². The summed E-state index contributed by atoms with van der Waals surface area (Å²) in [5, 5.41) is 1.68. The van der Waals surface area contributed by atoms with Crippen molar-refractivity contribution in [1.29, 1.82) is 0 Å². The summed E-state index contributed by atoms with van der Waals surface area (Å²) in [6, 6.07) is 30.9.